The molecular weight excluding hydrogens is 663 g/mol. The summed E-state index contributed by atoms with van der Waals surface area (Å²) in [6.45, 7) is 2.39. The Bertz CT molecular complexity index is 2800. The van der Waals surface area contributed by atoms with Crippen molar-refractivity contribution < 1.29 is 0 Å². The number of benzene rings is 9. The van der Waals surface area contributed by atoms with E-state index >= 15 is 0 Å². The maximum Gasteiger partial charge on any atom is 0.0543 e. The van der Waals surface area contributed by atoms with E-state index in [4.69, 9.17) is 0 Å². The molecule has 0 heterocycles. The van der Waals surface area contributed by atoms with Crippen molar-refractivity contribution in [1.29, 1.82) is 0 Å². The average molecular weight is 702 g/mol. The molecule has 0 fully saturated rings. The Morgan fingerprint density at radius 3 is 1.65 bits per heavy atom. The topological polar surface area (TPSA) is 3.24 Å². The molecule has 260 valence electrons. The van der Waals surface area contributed by atoms with Crippen LogP contribution in [-0.2, 0) is 5.41 Å². The monoisotopic (exact) mass is 701 g/mol. The molecule has 0 spiro atoms. The number of hydrogen-bond acceptors (Lipinski definition) is 1. The third-order valence-electron chi connectivity index (χ3n) is 11.6. The summed E-state index contributed by atoms with van der Waals surface area (Å²) in [6.07, 6.45) is 0. The third kappa shape index (κ3) is 5.47. The average Bonchev–Trinajstić information content (AvgIpc) is 3.54. The summed E-state index contributed by atoms with van der Waals surface area (Å²) in [5, 5.41) is 2.51. The van der Waals surface area contributed by atoms with E-state index in [0.717, 1.165) is 17.1 Å². The van der Waals surface area contributed by atoms with Gasteiger partial charge >= 0.3 is 0 Å². The van der Waals surface area contributed by atoms with E-state index in [1.165, 1.54) is 72.0 Å². The highest BCUT2D eigenvalue weighted by molar-refractivity contribution is 6.00. The normalized spacial score (nSPS) is 14.3. The van der Waals surface area contributed by atoms with Gasteiger partial charge in [-0.25, -0.2) is 0 Å². The van der Waals surface area contributed by atoms with Crippen LogP contribution in [0.25, 0.3) is 55.3 Å². The van der Waals surface area contributed by atoms with Crippen LogP contribution < -0.4 is 4.90 Å². The first-order valence-electron chi connectivity index (χ1n) is 19.1. The first kappa shape index (κ1) is 32.7. The molecule has 0 aromatic heterocycles. The molecule has 55 heavy (non-hydrogen) atoms. The molecule has 9 aromatic rings. The molecule has 0 bridgehead atoms. The Kier molecular flexibility index (Phi) is 8.00. The second kappa shape index (κ2) is 13.5. The van der Waals surface area contributed by atoms with E-state index < -0.39 is 0 Å². The predicted octanol–water partition coefficient (Wildman–Crippen LogP) is 14.6. The van der Waals surface area contributed by atoms with Crippen molar-refractivity contribution in [2.24, 2.45) is 0 Å². The Labute approximate surface area is 323 Å². The number of para-hydroxylation sites is 1. The number of anilines is 3. The van der Waals surface area contributed by atoms with Crippen molar-refractivity contribution in [2.45, 2.75) is 12.3 Å². The van der Waals surface area contributed by atoms with Crippen LogP contribution in [0.3, 0.4) is 0 Å². The fourth-order valence-corrected chi connectivity index (χ4v) is 8.85. The van der Waals surface area contributed by atoms with Crippen molar-refractivity contribution in [3.05, 3.63) is 235 Å². The SMILES string of the molecule is CC1(c2ccccc2)c2ccccc2-c2c(N(c3ccc(-c4cccc5ccccc45)cc3)c3ccccc3-c3ccc(-c4ccccc4)cc3)cccc21. The highest BCUT2D eigenvalue weighted by Crippen LogP contribution is 2.57. The second-order valence-corrected chi connectivity index (χ2v) is 14.6. The minimum atomic E-state index is -0.306. The van der Waals surface area contributed by atoms with E-state index in [1.807, 2.05) is 0 Å². The van der Waals surface area contributed by atoms with Gasteiger partial charge in [-0.15, -0.1) is 0 Å². The highest BCUT2D eigenvalue weighted by Gasteiger charge is 2.42. The lowest BCUT2D eigenvalue weighted by molar-refractivity contribution is 0.714. The molecule has 9 aromatic carbocycles. The van der Waals surface area contributed by atoms with Gasteiger partial charge in [-0.2, -0.15) is 0 Å². The lowest BCUT2D eigenvalue weighted by atomic mass is 9.74. The van der Waals surface area contributed by atoms with Crippen LogP contribution in [0, 0.1) is 0 Å². The van der Waals surface area contributed by atoms with Crippen LogP contribution >= 0.6 is 0 Å². The van der Waals surface area contributed by atoms with Crippen LogP contribution in [0.15, 0.2) is 218 Å². The molecule has 10 rings (SSSR count). The number of fused-ring (bicyclic) bond motifs is 4. The molecule has 1 aliphatic rings. The molecule has 0 N–H and O–H groups in total. The Hall–Kier alpha value is -6.96. The van der Waals surface area contributed by atoms with Crippen LogP contribution in [0.1, 0.15) is 23.6 Å². The molecule has 1 aliphatic carbocycles. The lowest BCUT2D eigenvalue weighted by Gasteiger charge is -2.31. The summed E-state index contributed by atoms with van der Waals surface area (Å²) in [5.41, 5.74) is 16.8. The van der Waals surface area contributed by atoms with Gasteiger partial charge in [0.1, 0.15) is 0 Å². The number of nitrogens with zero attached hydrogens (tertiary/aromatic N) is 1. The molecule has 0 saturated heterocycles. The highest BCUT2D eigenvalue weighted by atomic mass is 15.1. The molecule has 1 unspecified atom stereocenters. The van der Waals surface area contributed by atoms with E-state index in [-0.39, 0.29) is 5.41 Å². The Morgan fingerprint density at radius 1 is 0.345 bits per heavy atom. The zero-order valence-corrected chi connectivity index (χ0v) is 30.7. The van der Waals surface area contributed by atoms with Gasteiger partial charge in [-0.05, 0) is 92.0 Å². The van der Waals surface area contributed by atoms with Gasteiger partial charge in [0.25, 0.3) is 0 Å². The van der Waals surface area contributed by atoms with Crippen LogP contribution in [0.2, 0.25) is 0 Å². The molecule has 0 radical (unpaired) electrons. The number of hydrogen-bond donors (Lipinski definition) is 0. The standard InChI is InChI=1S/C54H39N/c1-54(43-20-6-3-7-21-43)49-26-12-10-24-48(49)53-50(54)27-15-29-52(53)55(44-36-34-41(35-37-44)46-25-14-19-40-18-8-9-22-45(40)46)51-28-13-11-23-47(51)42-32-30-39(31-33-42)38-16-4-2-5-17-38/h2-37H,1H3. The summed E-state index contributed by atoms with van der Waals surface area (Å²) >= 11 is 0. The largest absolute Gasteiger partial charge is 0.309 e. The molecule has 1 heteroatoms. The lowest BCUT2D eigenvalue weighted by Crippen LogP contribution is -2.22. The molecule has 0 amide bonds. The molecule has 1 nitrogen and oxygen atoms in total. The summed E-state index contributed by atoms with van der Waals surface area (Å²) < 4.78 is 0. The maximum atomic E-state index is 2.49. The van der Waals surface area contributed by atoms with Gasteiger partial charge in [-0.3, -0.25) is 0 Å². The molecule has 0 aliphatic heterocycles. The first-order valence-corrected chi connectivity index (χ1v) is 19.1. The van der Waals surface area contributed by atoms with Crippen molar-refractivity contribution in [2.75, 3.05) is 4.90 Å². The van der Waals surface area contributed by atoms with E-state index in [0.29, 0.717) is 0 Å². The van der Waals surface area contributed by atoms with E-state index in [9.17, 15) is 0 Å². The molecular formula is C54H39N. The van der Waals surface area contributed by atoms with E-state index in [2.05, 4.69) is 230 Å². The Balaban J connectivity index is 1.18. The van der Waals surface area contributed by atoms with E-state index in [1.54, 1.807) is 0 Å². The van der Waals surface area contributed by atoms with Gasteiger partial charge in [0.15, 0.2) is 0 Å². The number of rotatable bonds is 7. The fraction of sp³-hybridized carbons (Fsp3) is 0.0370. The summed E-state index contributed by atoms with van der Waals surface area (Å²) in [6, 6.07) is 79.7. The molecule has 1 atom stereocenters. The Morgan fingerprint density at radius 2 is 0.855 bits per heavy atom. The summed E-state index contributed by atoms with van der Waals surface area (Å²) in [4.78, 5) is 2.49. The van der Waals surface area contributed by atoms with Gasteiger partial charge < -0.3 is 4.90 Å². The van der Waals surface area contributed by atoms with Crippen molar-refractivity contribution in [1.82, 2.24) is 0 Å². The zero-order chi connectivity index (χ0) is 36.8. The van der Waals surface area contributed by atoms with Crippen LogP contribution in [0.4, 0.5) is 17.1 Å². The molecule has 0 saturated carbocycles. The third-order valence-corrected chi connectivity index (χ3v) is 11.6. The van der Waals surface area contributed by atoms with Gasteiger partial charge in [0, 0.05) is 22.2 Å². The zero-order valence-electron chi connectivity index (χ0n) is 30.7. The second-order valence-electron chi connectivity index (χ2n) is 14.6. The maximum absolute atomic E-state index is 2.49. The predicted molar refractivity (Wildman–Crippen MR) is 232 cm³/mol. The van der Waals surface area contributed by atoms with Gasteiger partial charge in [0.2, 0.25) is 0 Å². The van der Waals surface area contributed by atoms with Crippen molar-refractivity contribution in [3.8, 4) is 44.5 Å². The first-order chi connectivity index (χ1) is 27.2. The van der Waals surface area contributed by atoms with Crippen molar-refractivity contribution >= 4 is 27.8 Å². The smallest absolute Gasteiger partial charge is 0.0543 e. The minimum absolute atomic E-state index is 0.306. The summed E-state index contributed by atoms with van der Waals surface area (Å²) in [7, 11) is 0. The van der Waals surface area contributed by atoms with Crippen molar-refractivity contribution in [3.63, 3.8) is 0 Å². The van der Waals surface area contributed by atoms with Gasteiger partial charge in [-0.1, -0.05) is 194 Å². The minimum Gasteiger partial charge on any atom is -0.309 e. The fourth-order valence-electron chi connectivity index (χ4n) is 8.85. The summed E-state index contributed by atoms with van der Waals surface area (Å²) in [5.74, 6) is 0. The van der Waals surface area contributed by atoms with Crippen LogP contribution in [0.5, 0.6) is 0 Å². The van der Waals surface area contributed by atoms with Crippen LogP contribution in [-0.4, -0.2) is 0 Å². The quantitative estimate of drug-likeness (QED) is 0.160. The van der Waals surface area contributed by atoms with Gasteiger partial charge in [0.05, 0.1) is 11.4 Å².